The van der Waals surface area contributed by atoms with Crippen molar-refractivity contribution in [3.8, 4) is 5.75 Å². The molecule has 1 unspecified atom stereocenters. The van der Waals surface area contributed by atoms with Gasteiger partial charge in [0.25, 0.3) is 0 Å². The summed E-state index contributed by atoms with van der Waals surface area (Å²) in [4.78, 5) is 0.310. The maximum atomic E-state index is 12.6. The molecule has 1 heterocycles. The van der Waals surface area contributed by atoms with E-state index in [9.17, 15) is 8.42 Å². The molecular weight excluding hydrogens is 288 g/mol. The van der Waals surface area contributed by atoms with E-state index in [1.807, 2.05) is 20.8 Å². The summed E-state index contributed by atoms with van der Waals surface area (Å²) in [5, 5.41) is 0. The van der Waals surface area contributed by atoms with E-state index in [0.29, 0.717) is 18.0 Å². The summed E-state index contributed by atoms with van der Waals surface area (Å²) < 4.78 is 32.4. The predicted octanol–water partition coefficient (Wildman–Crippen LogP) is 1.89. The van der Waals surface area contributed by atoms with Crippen molar-refractivity contribution in [1.82, 2.24) is 4.31 Å². The smallest absolute Gasteiger partial charge is 0.243 e. The molecule has 2 rings (SSSR count). The highest BCUT2D eigenvalue weighted by Crippen LogP contribution is 2.26. The molecule has 118 valence electrons. The predicted molar refractivity (Wildman–Crippen MR) is 82.9 cm³/mol. The minimum atomic E-state index is -3.46. The molecule has 1 aromatic rings. The first-order valence-corrected chi connectivity index (χ1v) is 8.77. The standard InChI is InChI=1S/C15H24N2O3S/c1-11(2)20-15-7-6-14(9-12(15)3)21(18,19)17-8-4-5-13(16)10-17/h6-7,9,11,13H,4-5,8,10,16H2,1-3H3. The highest BCUT2D eigenvalue weighted by atomic mass is 32.2. The van der Waals surface area contributed by atoms with Crippen molar-refractivity contribution in [2.45, 2.75) is 50.7 Å². The molecule has 1 saturated heterocycles. The first-order valence-electron chi connectivity index (χ1n) is 7.33. The van der Waals surface area contributed by atoms with Crippen LogP contribution in [0.25, 0.3) is 0 Å². The third kappa shape index (κ3) is 3.75. The number of aryl methyl sites for hydroxylation is 1. The molecule has 0 saturated carbocycles. The highest BCUT2D eigenvalue weighted by Gasteiger charge is 2.29. The van der Waals surface area contributed by atoms with Crippen LogP contribution in [-0.2, 0) is 10.0 Å². The fourth-order valence-electron chi connectivity index (χ4n) is 2.51. The van der Waals surface area contributed by atoms with Crippen LogP contribution in [0.15, 0.2) is 23.1 Å². The van der Waals surface area contributed by atoms with Gasteiger partial charge in [-0.3, -0.25) is 0 Å². The van der Waals surface area contributed by atoms with E-state index in [4.69, 9.17) is 10.5 Å². The lowest BCUT2D eigenvalue weighted by atomic mass is 10.1. The van der Waals surface area contributed by atoms with Crippen molar-refractivity contribution in [2.75, 3.05) is 13.1 Å². The lowest BCUT2D eigenvalue weighted by molar-refractivity contribution is 0.240. The summed E-state index contributed by atoms with van der Waals surface area (Å²) in [6, 6.07) is 4.94. The summed E-state index contributed by atoms with van der Waals surface area (Å²) in [6.07, 6.45) is 1.76. The van der Waals surface area contributed by atoms with Crippen LogP contribution in [-0.4, -0.2) is 38.0 Å². The molecule has 1 fully saturated rings. The second kappa shape index (κ2) is 6.34. The Bertz CT molecular complexity index is 599. The fourth-order valence-corrected chi connectivity index (χ4v) is 4.13. The van der Waals surface area contributed by atoms with Gasteiger partial charge in [0.1, 0.15) is 5.75 Å². The van der Waals surface area contributed by atoms with Crippen LogP contribution in [0.2, 0.25) is 0 Å². The number of rotatable bonds is 4. The van der Waals surface area contributed by atoms with E-state index in [1.165, 1.54) is 4.31 Å². The van der Waals surface area contributed by atoms with Crippen LogP contribution in [0.4, 0.5) is 0 Å². The Hall–Kier alpha value is -1.11. The molecule has 5 nitrogen and oxygen atoms in total. The average molecular weight is 312 g/mol. The maximum absolute atomic E-state index is 12.6. The minimum absolute atomic E-state index is 0.0613. The van der Waals surface area contributed by atoms with E-state index in [1.54, 1.807) is 18.2 Å². The lowest BCUT2D eigenvalue weighted by Crippen LogP contribution is -2.45. The third-order valence-corrected chi connectivity index (χ3v) is 5.43. The van der Waals surface area contributed by atoms with Gasteiger partial charge in [0.2, 0.25) is 10.0 Å². The molecule has 0 aliphatic carbocycles. The number of nitrogens with two attached hydrogens (primary N) is 1. The van der Waals surface area contributed by atoms with Crippen LogP contribution < -0.4 is 10.5 Å². The van der Waals surface area contributed by atoms with Crippen LogP contribution in [0.3, 0.4) is 0 Å². The van der Waals surface area contributed by atoms with Gasteiger partial charge in [-0.2, -0.15) is 4.31 Å². The summed E-state index contributed by atoms with van der Waals surface area (Å²) in [7, 11) is -3.46. The van der Waals surface area contributed by atoms with Crippen molar-refractivity contribution in [3.05, 3.63) is 23.8 Å². The summed E-state index contributed by atoms with van der Waals surface area (Å²) >= 11 is 0. The van der Waals surface area contributed by atoms with Gasteiger partial charge >= 0.3 is 0 Å². The van der Waals surface area contributed by atoms with Gasteiger partial charge in [-0.25, -0.2) is 8.42 Å². The van der Waals surface area contributed by atoms with Crippen molar-refractivity contribution < 1.29 is 13.2 Å². The molecule has 1 aliphatic rings. The van der Waals surface area contributed by atoms with Crippen LogP contribution in [0.5, 0.6) is 5.75 Å². The van der Waals surface area contributed by atoms with Crippen LogP contribution in [0, 0.1) is 6.92 Å². The molecule has 1 aliphatic heterocycles. The Morgan fingerprint density at radius 3 is 2.67 bits per heavy atom. The summed E-state index contributed by atoms with van der Waals surface area (Å²) in [5.41, 5.74) is 6.71. The van der Waals surface area contributed by atoms with Crippen molar-refractivity contribution in [3.63, 3.8) is 0 Å². The number of piperidine rings is 1. The number of hydrogen-bond acceptors (Lipinski definition) is 4. The molecular formula is C15H24N2O3S. The van der Waals surface area contributed by atoms with Crippen LogP contribution >= 0.6 is 0 Å². The second-order valence-corrected chi connectivity index (χ2v) is 7.80. The molecule has 2 N–H and O–H groups in total. The maximum Gasteiger partial charge on any atom is 0.243 e. The fraction of sp³-hybridized carbons (Fsp3) is 0.600. The number of sulfonamides is 1. The molecule has 0 amide bonds. The quantitative estimate of drug-likeness (QED) is 0.921. The Labute approximate surface area is 127 Å². The van der Waals surface area contributed by atoms with E-state index < -0.39 is 10.0 Å². The van der Waals surface area contributed by atoms with E-state index in [-0.39, 0.29) is 12.1 Å². The lowest BCUT2D eigenvalue weighted by Gasteiger charge is -2.30. The molecule has 6 heteroatoms. The van der Waals surface area contributed by atoms with Gasteiger partial charge in [-0.05, 0) is 57.4 Å². The van der Waals surface area contributed by atoms with E-state index in [2.05, 4.69) is 0 Å². The average Bonchev–Trinajstić information content (AvgIpc) is 2.40. The van der Waals surface area contributed by atoms with Gasteiger partial charge in [-0.1, -0.05) is 0 Å². The monoisotopic (exact) mass is 312 g/mol. The molecule has 1 atom stereocenters. The molecule has 0 bridgehead atoms. The van der Waals surface area contributed by atoms with Gasteiger partial charge in [0.05, 0.1) is 11.0 Å². The van der Waals surface area contributed by atoms with Crippen molar-refractivity contribution in [1.29, 1.82) is 0 Å². The number of hydrogen-bond donors (Lipinski definition) is 1. The molecule has 0 aromatic heterocycles. The van der Waals surface area contributed by atoms with E-state index in [0.717, 1.165) is 24.2 Å². The topological polar surface area (TPSA) is 72.6 Å². The van der Waals surface area contributed by atoms with Gasteiger partial charge in [0.15, 0.2) is 0 Å². The van der Waals surface area contributed by atoms with Crippen molar-refractivity contribution >= 4 is 10.0 Å². The zero-order valence-corrected chi connectivity index (χ0v) is 13.7. The molecule has 0 spiro atoms. The zero-order valence-electron chi connectivity index (χ0n) is 12.9. The zero-order chi connectivity index (χ0) is 15.6. The Morgan fingerprint density at radius 2 is 2.10 bits per heavy atom. The van der Waals surface area contributed by atoms with E-state index >= 15 is 0 Å². The Kier molecular flexibility index (Phi) is 4.91. The minimum Gasteiger partial charge on any atom is -0.491 e. The highest BCUT2D eigenvalue weighted by molar-refractivity contribution is 7.89. The van der Waals surface area contributed by atoms with Gasteiger partial charge < -0.3 is 10.5 Å². The number of ether oxygens (including phenoxy) is 1. The normalized spacial score (nSPS) is 20.7. The Morgan fingerprint density at radius 1 is 1.38 bits per heavy atom. The van der Waals surface area contributed by atoms with Crippen LogP contribution in [0.1, 0.15) is 32.3 Å². The summed E-state index contributed by atoms with van der Waals surface area (Å²) in [6.45, 7) is 6.68. The molecule has 1 aromatic carbocycles. The Balaban J connectivity index is 2.26. The van der Waals surface area contributed by atoms with Crippen molar-refractivity contribution in [2.24, 2.45) is 5.73 Å². The molecule has 0 radical (unpaired) electrons. The third-order valence-electron chi connectivity index (χ3n) is 3.57. The molecule has 21 heavy (non-hydrogen) atoms. The number of nitrogens with zero attached hydrogens (tertiary/aromatic N) is 1. The summed E-state index contributed by atoms with van der Waals surface area (Å²) in [5.74, 6) is 0.722. The second-order valence-electron chi connectivity index (χ2n) is 5.86. The SMILES string of the molecule is Cc1cc(S(=O)(=O)N2CCCC(N)C2)ccc1OC(C)C. The first kappa shape index (κ1) is 16.3. The number of benzene rings is 1. The van der Waals surface area contributed by atoms with Gasteiger partial charge in [0, 0.05) is 19.1 Å². The first-order chi connectivity index (χ1) is 9.80. The largest absolute Gasteiger partial charge is 0.491 e. The van der Waals surface area contributed by atoms with Gasteiger partial charge in [-0.15, -0.1) is 0 Å².